The minimum absolute atomic E-state index is 0.00543. The van der Waals surface area contributed by atoms with Crippen LogP contribution in [0.5, 0.6) is 11.6 Å². The normalized spacial score (nSPS) is 10.4. The Kier molecular flexibility index (Phi) is 2.65. The van der Waals surface area contributed by atoms with Gasteiger partial charge in [0.15, 0.2) is 5.65 Å². The van der Waals surface area contributed by atoms with Crippen LogP contribution in [-0.4, -0.2) is 20.2 Å². The number of nitriles is 1. The predicted octanol–water partition coefficient (Wildman–Crippen LogP) is 1.74. The number of aromatic nitrogens is 4. The lowest BCUT2D eigenvalue weighted by Gasteiger charge is -2.06. The van der Waals surface area contributed by atoms with Crippen LogP contribution < -0.4 is 10.5 Å². The minimum atomic E-state index is -0.671. The first kappa shape index (κ1) is 11.9. The lowest BCUT2D eigenvalue weighted by atomic mass is 10.2. The van der Waals surface area contributed by atoms with E-state index in [1.54, 1.807) is 6.07 Å². The molecule has 0 aliphatic heterocycles. The second kappa shape index (κ2) is 4.47. The van der Waals surface area contributed by atoms with Crippen LogP contribution in [0.3, 0.4) is 0 Å². The minimum Gasteiger partial charge on any atom is -0.438 e. The van der Waals surface area contributed by atoms with Gasteiger partial charge in [-0.2, -0.15) is 20.3 Å². The van der Waals surface area contributed by atoms with Crippen molar-refractivity contribution in [1.82, 2.24) is 20.2 Å². The van der Waals surface area contributed by atoms with Crippen LogP contribution in [0, 0.1) is 17.1 Å². The molecule has 0 aliphatic carbocycles. The zero-order valence-electron chi connectivity index (χ0n) is 9.96. The molecule has 1 aromatic carbocycles. The summed E-state index contributed by atoms with van der Waals surface area (Å²) in [5.74, 6) is -0.311. The number of benzene rings is 1. The summed E-state index contributed by atoms with van der Waals surface area (Å²) in [4.78, 5) is 7.87. The van der Waals surface area contributed by atoms with Gasteiger partial charge in [-0.3, -0.25) is 5.10 Å². The molecule has 0 spiro atoms. The van der Waals surface area contributed by atoms with Crippen molar-refractivity contribution >= 4 is 17.0 Å². The average Bonchev–Trinajstić information content (AvgIpc) is 2.87. The number of rotatable bonds is 2. The van der Waals surface area contributed by atoms with Crippen molar-refractivity contribution in [1.29, 1.82) is 5.26 Å². The Labute approximate surface area is 111 Å². The van der Waals surface area contributed by atoms with Crippen LogP contribution in [0.15, 0.2) is 24.4 Å². The molecular weight excluding hydrogens is 263 g/mol. The largest absolute Gasteiger partial charge is 0.438 e. The third-order valence-electron chi connectivity index (χ3n) is 2.57. The number of H-pyrrole nitrogens is 1. The number of halogens is 1. The summed E-state index contributed by atoms with van der Waals surface area (Å²) in [5, 5.41) is 15.6. The molecule has 2 heterocycles. The molecule has 0 fully saturated rings. The van der Waals surface area contributed by atoms with E-state index in [1.807, 2.05) is 0 Å². The third-order valence-corrected chi connectivity index (χ3v) is 2.57. The van der Waals surface area contributed by atoms with Crippen molar-refractivity contribution in [2.75, 3.05) is 5.73 Å². The Morgan fingerprint density at radius 2 is 2.20 bits per heavy atom. The van der Waals surface area contributed by atoms with E-state index in [0.717, 1.165) is 6.07 Å². The summed E-state index contributed by atoms with van der Waals surface area (Å²) in [7, 11) is 0. The van der Waals surface area contributed by atoms with Gasteiger partial charge in [0.2, 0.25) is 11.8 Å². The molecular formula is C12H7FN6O. The second-order valence-corrected chi connectivity index (χ2v) is 3.87. The summed E-state index contributed by atoms with van der Waals surface area (Å²) in [6, 6.07) is 5.62. The van der Waals surface area contributed by atoms with E-state index in [9.17, 15) is 4.39 Å². The van der Waals surface area contributed by atoms with Crippen molar-refractivity contribution in [2.45, 2.75) is 0 Å². The summed E-state index contributed by atoms with van der Waals surface area (Å²) in [6.45, 7) is 0. The van der Waals surface area contributed by atoms with Gasteiger partial charge in [-0.05, 0) is 12.1 Å². The molecule has 0 saturated carbocycles. The summed E-state index contributed by atoms with van der Waals surface area (Å²) in [6.07, 6.45) is 1.48. The predicted molar refractivity (Wildman–Crippen MR) is 67.3 cm³/mol. The first-order valence-corrected chi connectivity index (χ1v) is 5.51. The molecule has 3 aromatic rings. The molecule has 0 atom stereocenters. The molecule has 3 N–H and O–H groups in total. The first-order valence-electron chi connectivity index (χ1n) is 5.51. The molecule has 98 valence electrons. The zero-order chi connectivity index (χ0) is 14.1. The highest BCUT2D eigenvalue weighted by Gasteiger charge is 2.11. The molecule has 0 unspecified atom stereocenters. The average molecular weight is 270 g/mol. The highest BCUT2D eigenvalue weighted by molar-refractivity contribution is 5.80. The van der Waals surface area contributed by atoms with E-state index < -0.39 is 5.82 Å². The van der Waals surface area contributed by atoms with Gasteiger partial charge in [0.1, 0.15) is 23.0 Å². The molecule has 8 heteroatoms. The number of nitrogens with two attached hydrogens (primary N) is 1. The number of anilines is 1. The van der Waals surface area contributed by atoms with Crippen molar-refractivity contribution in [2.24, 2.45) is 0 Å². The molecule has 0 aliphatic rings. The summed E-state index contributed by atoms with van der Waals surface area (Å²) >= 11 is 0. The van der Waals surface area contributed by atoms with Crippen LogP contribution in [-0.2, 0) is 0 Å². The van der Waals surface area contributed by atoms with Crippen LogP contribution >= 0.6 is 0 Å². The van der Waals surface area contributed by atoms with Crippen molar-refractivity contribution in [3.05, 3.63) is 35.8 Å². The highest BCUT2D eigenvalue weighted by Crippen LogP contribution is 2.27. The monoisotopic (exact) mass is 270 g/mol. The maximum atomic E-state index is 13.5. The number of hydrogen-bond donors (Lipinski definition) is 2. The lowest BCUT2D eigenvalue weighted by Crippen LogP contribution is -1.98. The second-order valence-electron chi connectivity index (χ2n) is 3.87. The van der Waals surface area contributed by atoms with E-state index in [0.29, 0.717) is 11.0 Å². The van der Waals surface area contributed by atoms with E-state index in [2.05, 4.69) is 20.2 Å². The van der Waals surface area contributed by atoms with Crippen molar-refractivity contribution in [3.63, 3.8) is 0 Å². The van der Waals surface area contributed by atoms with E-state index >= 15 is 0 Å². The number of nitrogen functional groups attached to an aromatic ring is 1. The number of nitrogens with zero attached hydrogens (tertiary/aromatic N) is 4. The quantitative estimate of drug-likeness (QED) is 0.733. The molecule has 2 aromatic heterocycles. The van der Waals surface area contributed by atoms with Gasteiger partial charge in [-0.1, -0.05) is 0 Å². The van der Waals surface area contributed by atoms with Crippen molar-refractivity contribution in [3.8, 4) is 17.7 Å². The van der Waals surface area contributed by atoms with Crippen LogP contribution in [0.2, 0.25) is 0 Å². The van der Waals surface area contributed by atoms with Crippen LogP contribution in [0.1, 0.15) is 5.56 Å². The van der Waals surface area contributed by atoms with E-state index in [-0.39, 0.29) is 23.1 Å². The molecule has 0 radical (unpaired) electrons. The third kappa shape index (κ3) is 1.97. The van der Waals surface area contributed by atoms with Gasteiger partial charge in [-0.25, -0.2) is 4.39 Å². The Morgan fingerprint density at radius 1 is 1.35 bits per heavy atom. The Bertz CT molecular complexity index is 838. The SMILES string of the molecule is N#Cc1ccc(Oc2nc(N)nc3[nH]ncc23)cc1F. The fourth-order valence-corrected chi connectivity index (χ4v) is 1.66. The van der Waals surface area contributed by atoms with E-state index in [1.165, 1.54) is 18.3 Å². The number of nitrogens with one attached hydrogen (secondary N) is 1. The van der Waals surface area contributed by atoms with Gasteiger partial charge >= 0.3 is 0 Å². The smallest absolute Gasteiger partial charge is 0.235 e. The Hall–Kier alpha value is -3.21. The Balaban J connectivity index is 2.03. The molecule has 20 heavy (non-hydrogen) atoms. The first-order chi connectivity index (χ1) is 9.67. The van der Waals surface area contributed by atoms with Gasteiger partial charge in [0.25, 0.3) is 0 Å². The molecule has 0 saturated heterocycles. The fraction of sp³-hybridized carbons (Fsp3) is 0. The maximum absolute atomic E-state index is 13.5. The number of aromatic amines is 1. The highest BCUT2D eigenvalue weighted by atomic mass is 19.1. The molecule has 0 bridgehead atoms. The summed E-state index contributed by atoms with van der Waals surface area (Å²) < 4.78 is 19.0. The molecule has 7 nitrogen and oxygen atoms in total. The van der Waals surface area contributed by atoms with E-state index in [4.69, 9.17) is 15.7 Å². The standard InChI is InChI=1S/C12H7FN6O/c13-9-3-7(2-1-6(9)4-14)20-11-8-5-16-19-10(8)17-12(15)18-11/h1-3,5H,(H3,15,16,17,18,19). The van der Waals surface area contributed by atoms with Crippen LogP contribution in [0.25, 0.3) is 11.0 Å². The van der Waals surface area contributed by atoms with Gasteiger partial charge < -0.3 is 10.5 Å². The fourth-order valence-electron chi connectivity index (χ4n) is 1.66. The van der Waals surface area contributed by atoms with Gasteiger partial charge in [0.05, 0.1) is 11.8 Å². The summed E-state index contributed by atoms with van der Waals surface area (Å²) in [5.41, 5.74) is 5.90. The lowest BCUT2D eigenvalue weighted by molar-refractivity contribution is 0.464. The Morgan fingerprint density at radius 3 is 2.95 bits per heavy atom. The topological polar surface area (TPSA) is 113 Å². The van der Waals surface area contributed by atoms with Gasteiger partial charge in [-0.15, -0.1) is 0 Å². The maximum Gasteiger partial charge on any atom is 0.235 e. The van der Waals surface area contributed by atoms with Gasteiger partial charge in [0, 0.05) is 6.07 Å². The molecule has 3 rings (SSSR count). The number of ether oxygens (including phenoxy) is 1. The number of fused-ring (bicyclic) bond motifs is 1. The number of hydrogen-bond acceptors (Lipinski definition) is 6. The van der Waals surface area contributed by atoms with Crippen LogP contribution in [0.4, 0.5) is 10.3 Å². The molecule has 0 amide bonds. The zero-order valence-corrected chi connectivity index (χ0v) is 9.96. The van der Waals surface area contributed by atoms with Crippen molar-refractivity contribution < 1.29 is 9.13 Å².